The Kier molecular flexibility index (Phi) is 38.9. The minimum Gasteiger partial charge on any atom is -0.481 e. The van der Waals surface area contributed by atoms with E-state index in [1.165, 1.54) is 39.5 Å². The zero-order valence-electron chi connectivity index (χ0n) is 62.1. The summed E-state index contributed by atoms with van der Waals surface area (Å²) in [7, 11) is 0. The largest absolute Gasteiger partial charge is 0.481 e. The van der Waals surface area contributed by atoms with Crippen molar-refractivity contribution in [2.75, 3.05) is 32.8 Å². The lowest BCUT2D eigenvalue weighted by Crippen LogP contribution is -2.62. The first-order chi connectivity index (χ1) is 50.8. The predicted molar refractivity (Wildman–Crippen MR) is 381 cm³/mol. The predicted octanol–water partition coefficient (Wildman–Crippen LogP) is -8.26. The average molecular weight is 1530 g/mol. The molecule has 0 aliphatic carbocycles. The molecule has 3 rings (SSSR count). The van der Waals surface area contributed by atoms with E-state index in [0.29, 0.717) is 31.4 Å². The van der Waals surface area contributed by atoms with E-state index in [2.05, 4.69) is 74.4 Å². The number of primary amides is 1. The van der Waals surface area contributed by atoms with Crippen LogP contribution < -0.4 is 85.9 Å². The molecular formula is C68H109N17O23. The van der Waals surface area contributed by atoms with Crippen LogP contribution >= 0.6 is 0 Å². The van der Waals surface area contributed by atoms with Crippen LogP contribution in [-0.2, 0) is 87.9 Å². The van der Waals surface area contributed by atoms with Crippen LogP contribution in [0.4, 0.5) is 0 Å². The van der Waals surface area contributed by atoms with Crippen LogP contribution in [0.5, 0.6) is 0 Å². The van der Waals surface area contributed by atoms with E-state index in [0.717, 1.165) is 6.92 Å². The van der Waals surface area contributed by atoms with Crippen LogP contribution in [-0.4, -0.2) is 272 Å². The fourth-order valence-corrected chi connectivity index (χ4v) is 11.5. The van der Waals surface area contributed by atoms with Crippen LogP contribution in [0.15, 0.2) is 30.3 Å². The molecule has 0 spiro atoms. The van der Waals surface area contributed by atoms with Crippen LogP contribution in [0.1, 0.15) is 139 Å². The number of unbranched alkanes of at least 4 members (excludes halogenated alkanes) is 1. The van der Waals surface area contributed by atoms with Crippen molar-refractivity contribution in [1.82, 2.24) is 79.3 Å². The number of rotatable bonds is 46. The Morgan fingerprint density at radius 2 is 0.963 bits per heavy atom. The maximum Gasteiger partial charge on any atom is 0.326 e. The summed E-state index contributed by atoms with van der Waals surface area (Å²) in [6.45, 7) is 11.1. The number of hydrogen-bond acceptors (Lipinski definition) is 23. The average Bonchev–Trinajstić information content (AvgIpc) is 1.64. The third-order valence-corrected chi connectivity index (χ3v) is 17.9. The second-order valence-corrected chi connectivity index (χ2v) is 27.4. The standard InChI is InChI=1S/C68H109N17O23/c1-10-33(4)51(64(103)79-45(68(107)108)29-50(91)92)82-66(105)53(38(9)89)84-62(101)47(31-87)80-56(95)36(7)74-63(102)48-22-17-25-85(48)67(106)44(26-32(2)3)78-58(97)41(20-14-15-23-69)75-61(100)46(30-86)81-60(99)42(27-39-18-12-11-13-19-39)76-55(94)35(6)72-54(93)34(5)73-59(98)43(28-49(70)90)77-65(104)52(37(8)88)83-57(96)40-21-16-24-71-40/h11-13,18-19,32-38,40-48,51-53,71,86-89H,10,14-17,20-31,69H2,1-9H3,(H2,70,90)(H,72,93)(H,73,98)(H,74,102)(H,75,100)(H,76,94)(H,77,104)(H,78,97)(H,79,103)(H,80,95)(H,81,99)(H,82,105)(H,83,96)(H,84,101)(H,91,92)(H,107,108)/t33-,34-,35-,36-,37+,38+,40-,41-,42-,43-,44-,45-,46-,47-,48-,51-,52-,53-/m0/s1. The van der Waals surface area contributed by atoms with E-state index >= 15 is 0 Å². The Bertz CT molecular complexity index is 3310. The highest BCUT2D eigenvalue weighted by molar-refractivity contribution is 6.01. The third kappa shape index (κ3) is 30.0. The SMILES string of the molecule is CC[C@H](C)[C@H](NC(=O)[C@@H](NC(=O)[C@H](CO)NC(=O)[C@H](C)NC(=O)[C@@H]1CCCN1C(=O)[C@H](CC(C)C)NC(=O)[C@H](CCCCN)NC(=O)[C@H](CO)NC(=O)[C@H](Cc1ccccc1)NC(=O)[C@H](C)NC(=O)[C@H](C)NC(=O)[C@H](CC(N)=O)NC(=O)[C@@H](NC(=O)[C@@H]1CCCN1)[C@@H](C)O)[C@@H](C)O)C(=O)N[C@@H](CC(=O)O)C(=O)O. The first kappa shape index (κ1) is 92.2. The molecule has 108 heavy (non-hydrogen) atoms. The Morgan fingerprint density at radius 1 is 0.500 bits per heavy atom. The van der Waals surface area contributed by atoms with Gasteiger partial charge in [0.2, 0.25) is 88.6 Å². The quantitative estimate of drug-likeness (QED) is 0.0270. The highest BCUT2D eigenvalue weighted by atomic mass is 16.4. The number of carboxylic acids is 2. The number of nitrogens with one attached hydrogen (secondary N) is 14. The lowest BCUT2D eigenvalue weighted by Gasteiger charge is -2.31. The molecule has 604 valence electrons. The van der Waals surface area contributed by atoms with E-state index in [9.17, 15) is 107 Å². The lowest BCUT2D eigenvalue weighted by atomic mass is 9.97. The molecule has 18 atom stereocenters. The summed E-state index contributed by atoms with van der Waals surface area (Å²) < 4.78 is 0. The third-order valence-electron chi connectivity index (χ3n) is 17.9. The second-order valence-electron chi connectivity index (χ2n) is 27.4. The number of benzene rings is 1. The number of nitrogens with two attached hydrogens (primary N) is 2. The van der Waals surface area contributed by atoms with Gasteiger partial charge >= 0.3 is 11.9 Å². The molecule has 0 unspecified atom stereocenters. The maximum absolute atomic E-state index is 14.6. The highest BCUT2D eigenvalue weighted by Crippen LogP contribution is 2.22. The molecule has 2 fully saturated rings. The summed E-state index contributed by atoms with van der Waals surface area (Å²) in [6, 6.07) is -14.6. The number of aliphatic hydroxyl groups is 4. The normalized spacial score (nSPS) is 18.5. The van der Waals surface area contributed by atoms with Gasteiger partial charge in [-0.3, -0.25) is 76.7 Å². The minimum atomic E-state index is -1.89. The molecule has 0 radical (unpaired) electrons. The van der Waals surface area contributed by atoms with Gasteiger partial charge in [-0.1, -0.05) is 64.4 Å². The molecule has 15 amide bonds. The number of carbonyl (C=O) groups excluding carboxylic acids is 15. The number of aliphatic carboxylic acids is 2. The molecule has 2 heterocycles. The molecule has 0 bridgehead atoms. The topological polar surface area (TPSA) is 635 Å². The first-order valence-electron chi connectivity index (χ1n) is 35.8. The molecule has 0 aromatic heterocycles. The fourth-order valence-electron chi connectivity index (χ4n) is 11.5. The fraction of sp³-hybridized carbons (Fsp3) is 0.662. The van der Waals surface area contributed by atoms with Crippen molar-refractivity contribution >= 4 is 101 Å². The number of aliphatic hydroxyl groups excluding tert-OH is 4. The molecule has 1 aromatic carbocycles. The van der Waals surface area contributed by atoms with E-state index in [1.54, 1.807) is 51.1 Å². The number of likely N-dealkylation sites (tertiary alicyclic amines) is 1. The first-order valence-corrected chi connectivity index (χ1v) is 35.8. The van der Waals surface area contributed by atoms with Gasteiger partial charge in [0, 0.05) is 13.0 Å². The van der Waals surface area contributed by atoms with Crippen molar-refractivity contribution in [2.45, 2.75) is 242 Å². The van der Waals surface area contributed by atoms with Crippen LogP contribution in [0.2, 0.25) is 0 Å². The molecule has 2 aliphatic rings. The molecule has 24 N–H and O–H groups in total. The van der Waals surface area contributed by atoms with Crippen molar-refractivity contribution in [3.05, 3.63) is 35.9 Å². The van der Waals surface area contributed by atoms with Gasteiger partial charge in [0.15, 0.2) is 0 Å². The van der Waals surface area contributed by atoms with Crippen molar-refractivity contribution in [1.29, 1.82) is 0 Å². The Morgan fingerprint density at radius 3 is 1.49 bits per heavy atom. The molecule has 40 heteroatoms. The Labute approximate surface area is 624 Å². The summed E-state index contributed by atoms with van der Waals surface area (Å²) in [6.07, 6.45) is -2.94. The molecule has 0 saturated carbocycles. The summed E-state index contributed by atoms with van der Waals surface area (Å²) in [5.41, 5.74) is 11.6. The van der Waals surface area contributed by atoms with Crippen LogP contribution in [0, 0.1) is 11.8 Å². The van der Waals surface area contributed by atoms with Crippen molar-refractivity contribution < 1.29 is 112 Å². The van der Waals surface area contributed by atoms with Gasteiger partial charge in [-0.2, -0.15) is 0 Å². The van der Waals surface area contributed by atoms with E-state index < -0.39 is 235 Å². The Hall–Kier alpha value is -10.0. The molecular weight excluding hydrogens is 1420 g/mol. The van der Waals surface area contributed by atoms with Crippen molar-refractivity contribution in [2.24, 2.45) is 23.3 Å². The molecule has 2 saturated heterocycles. The zero-order valence-corrected chi connectivity index (χ0v) is 62.1. The Balaban J connectivity index is 1.75. The van der Waals surface area contributed by atoms with E-state index in [4.69, 9.17) is 16.6 Å². The van der Waals surface area contributed by atoms with Crippen molar-refractivity contribution in [3.63, 3.8) is 0 Å². The van der Waals surface area contributed by atoms with Gasteiger partial charge in [-0.15, -0.1) is 0 Å². The van der Waals surface area contributed by atoms with E-state index in [1.807, 2.05) is 0 Å². The minimum absolute atomic E-state index is 0.00231. The van der Waals surface area contributed by atoms with Gasteiger partial charge in [-0.05, 0) is 116 Å². The van der Waals surface area contributed by atoms with Gasteiger partial charge in [-0.25, -0.2) is 4.79 Å². The van der Waals surface area contributed by atoms with Crippen molar-refractivity contribution in [3.8, 4) is 0 Å². The molecule has 2 aliphatic heterocycles. The van der Waals surface area contributed by atoms with Gasteiger partial charge in [0.05, 0.1) is 44.3 Å². The molecule has 40 nitrogen and oxygen atoms in total. The van der Waals surface area contributed by atoms with Gasteiger partial charge in [0.25, 0.3) is 0 Å². The second kappa shape index (κ2) is 45.6. The number of carboxylic acid groups (broad SMARTS) is 2. The maximum atomic E-state index is 14.6. The number of nitrogens with zero attached hydrogens (tertiary/aromatic N) is 1. The number of carbonyl (C=O) groups is 17. The zero-order chi connectivity index (χ0) is 81.4. The van der Waals surface area contributed by atoms with Gasteiger partial charge < -0.3 is 121 Å². The van der Waals surface area contributed by atoms with Crippen LogP contribution in [0.3, 0.4) is 0 Å². The lowest BCUT2D eigenvalue weighted by molar-refractivity contribution is -0.147. The molecule has 1 aromatic rings. The van der Waals surface area contributed by atoms with Crippen LogP contribution in [0.25, 0.3) is 0 Å². The summed E-state index contributed by atoms with van der Waals surface area (Å²) in [4.78, 5) is 228. The van der Waals surface area contributed by atoms with Gasteiger partial charge in [0.1, 0.15) is 84.6 Å². The summed E-state index contributed by atoms with van der Waals surface area (Å²) in [5, 5.41) is 94.2. The number of amides is 15. The van der Waals surface area contributed by atoms with E-state index in [-0.39, 0.29) is 64.0 Å². The monoisotopic (exact) mass is 1530 g/mol. The summed E-state index contributed by atoms with van der Waals surface area (Å²) in [5.74, 6) is -19.1. The smallest absolute Gasteiger partial charge is 0.326 e. The highest BCUT2D eigenvalue weighted by Gasteiger charge is 2.42. The number of hydrogen-bond donors (Lipinski definition) is 22. The summed E-state index contributed by atoms with van der Waals surface area (Å²) >= 11 is 0.